The number of carbonyl (C=O) groups excluding carboxylic acids is 3. The second-order valence-electron chi connectivity index (χ2n) is 7.95. The van der Waals surface area contributed by atoms with Gasteiger partial charge in [-0.05, 0) is 74.6 Å². The molecule has 0 aliphatic rings. The molecule has 0 heterocycles. The van der Waals surface area contributed by atoms with Gasteiger partial charge in [-0.2, -0.15) is 0 Å². The van der Waals surface area contributed by atoms with Crippen LogP contribution in [-0.4, -0.2) is 56.5 Å². The van der Waals surface area contributed by atoms with Crippen LogP contribution in [0.4, 0.5) is 17.1 Å². The topological polar surface area (TPSA) is 109 Å². The van der Waals surface area contributed by atoms with Crippen LogP contribution in [0.3, 0.4) is 0 Å². The molecule has 9 nitrogen and oxygen atoms in total. The Balaban J connectivity index is 1.53. The second-order valence-corrected chi connectivity index (χ2v) is 7.95. The molecule has 3 rings (SSSR count). The molecule has 0 fully saturated rings. The van der Waals surface area contributed by atoms with Crippen LogP contribution < -0.4 is 25.4 Å². The van der Waals surface area contributed by atoms with Crippen molar-refractivity contribution in [1.29, 1.82) is 0 Å². The third-order valence-electron chi connectivity index (χ3n) is 5.07. The monoisotopic (exact) mass is 490 g/mol. The molecule has 188 valence electrons. The van der Waals surface area contributed by atoms with E-state index in [9.17, 15) is 14.4 Å². The molecular formula is C27H30N4O5. The summed E-state index contributed by atoms with van der Waals surface area (Å²) in [6, 6.07) is 20.7. The fraction of sp³-hybridized carbons (Fsp3) is 0.222. The van der Waals surface area contributed by atoms with E-state index in [2.05, 4.69) is 16.0 Å². The first-order chi connectivity index (χ1) is 17.4. The normalized spacial score (nSPS) is 10.4. The van der Waals surface area contributed by atoms with Gasteiger partial charge in [0.1, 0.15) is 11.5 Å². The Labute approximate surface area is 210 Å². The highest BCUT2D eigenvalue weighted by molar-refractivity contribution is 6.10. The van der Waals surface area contributed by atoms with E-state index in [0.29, 0.717) is 40.7 Å². The number of methoxy groups -OCH3 is 1. The Hall–Kier alpha value is -4.37. The number of nitrogens with zero attached hydrogens (tertiary/aromatic N) is 1. The highest BCUT2D eigenvalue weighted by Crippen LogP contribution is 2.20. The third kappa shape index (κ3) is 7.85. The summed E-state index contributed by atoms with van der Waals surface area (Å²) in [6.45, 7) is 2.43. The molecule has 3 amide bonds. The zero-order valence-corrected chi connectivity index (χ0v) is 20.5. The van der Waals surface area contributed by atoms with Gasteiger partial charge in [-0.3, -0.25) is 19.3 Å². The lowest BCUT2D eigenvalue weighted by Crippen LogP contribution is -2.36. The van der Waals surface area contributed by atoms with Crippen molar-refractivity contribution in [3.8, 4) is 11.5 Å². The van der Waals surface area contributed by atoms with E-state index in [1.54, 1.807) is 91.9 Å². The maximum atomic E-state index is 12.8. The van der Waals surface area contributed by atoms with E-state index in [-0.39, 0.29) is 30.8 Å². The minimum Gasteiger partial charge on any atom is -0.497 e. The van der Waals surface area contributed by atoms with Crippen LogP contribution in [0, 0.1) is 0 Å². The molecule has 0 saturated heterocycles. The van der Waals surface area contributed by atoms with Gasteiger partial charge in [0.2, 0.25) is 11.8 Å². The zero-order chi connectivity index (χ0) is 25.9. The first-order valence-corrected chi connectivity index (χ1v) is 11.4. The lowest BCUT2D eigenvalue weighted by Gasteiger charge is -2.17. The molecule has 0 bridgehead atoms. The Bertz CT molecular complexity index is 1180. The van der Waals surface area contributed by atoms with Gasteiger partial charge in [-0.25, -0.2) is 0 Å². The van der Waals surface area contributed by atoms with Crippen LogP contribution in [0.25, 0.3) is 0 Å². The van der Waals surface area contributed by atoms with E-state index in [1.165, 1.54) is 0 Å². The number of para-hydroxylation sites is 1. The maximum Gasteiger partial charge on any atom is 0.257 e. The summed E-state index contributed by atoms with van der Waals surface area (Å²) in [6.07, 6.45) is 0. The van der Waals surface area contributed by atoms with Crippen molar-refractivity contribution in [3.05, 3.63) is 78.4 Å². The van der Waals surface area contributed by atoms with Gasteiger partial charge in [-0.1, -0.05) is 12.1 Å². The van der Waals surface area contributed by atoms with Crippen molar-refractivity contribution in [2.24, 2.45) is 0 Å². The number of anilines is 3. The maximum absolute atomic E-state index is 12.8. The lowest BCUT2D eigenvalue weighted by atomic mass is 10.1. The van der Waals surface area contributed by atoms with Crippen LogP contribution in [0.5, 0.6) is 11.5 Å². The van der Waals surface area contributed by atoms with Crippen molar-refractivity contribution in [3.63, 3.8) is 0 Å². The number of amides is 3. The molecule has 0 aliphatic carbocycles. The van der Waals surface area contributed by atoms with E-state index in [1.807, 2.05) is 6.92 Å². The molecule has 0 saturated carbocycles. The van der Waals surface area contributed by atoms with Crippen molar-refractivity contribution in [1.82, 2.24) is 4.90 Å². The summed E-state index contributed by atoms with van der Waals surface area (Å²) in [5.41, 5.74) is 1.93. The predicted molar refractivity (Wildman–Crippen MR) is 140 cm³/mol. The number of likely N-dealkylation sites (N-methyl/N-ethyl adjacent to an activating group) is 1. The fourth-order valence-corrected chi connectivity index (χ4v) is 3.40. The number of hydrogen-bond donors (Lipinski definition) is 3. The fourth-order valence-electron chi connectivity index (χ4n) is 3.40. The van der Waals surface area contributed by atoms with Crippen molar-refractivity contribution in [2.45, 2.75) is 6.92 Å². The molecule has 0 aromatic heterocycles. The standard InChI is InChI=1S/C27H30N4O5/c1-4-36-22-15-11-20(12-16-22)29-27(34)23-7-5-6-8-24(23)30-26(33)18-31(2)17-25(32)28-19-9-13-21(35-3)14-10-19/h5-16H,4,17-18H2,1-3H3,(H,28,32)(H,29,34)(H,30,33). The summed E-state index contributed by atoms with van der Waals surface area (Å²) < 4.78 is 10.5. The van der Waals surface area contributed by atoms with E-state index in [0.717, 1.165) is 0 Å². The van der Waals surface area contributed by atoms with Crippen molar-refractivity contribution >= 4 is 34.8 Å². The smallest absolute Gasteiger partial charge is 0.257 e. The second kappa shape index (κ2) is 12.9. The van der Waals surface area contributed by atoms with Crippen LogP contribution in [0.1, 0.15) is 17.3 Å². The number of carbonyl (C=O) groups is 3. The van der Waals surface area contributed by atoms with Gasteiger partial charge in [0.05, 0.1) is 38.1 Å². The molecule has 0 atom stereocenters. The zero-order valence-electron chi connectivity index (χ0n) is 20.5. The van der Waals surface area contributed by atoms with Gasteiger partial charge in [0.25, 0.3) is 5.91 Å². The first-order valence-electron chi connectivity index (χ1n) is 11.4. The minimum atomic E-state index is -0.359. The predicted octanol–water partition coefficient (Wildman–Crippen LogP) is 3.86. The SMILES string of the molecule is CCOc1ccc(NC(=O)c2ccccc2NC(=O)CN(C)CC(=O)Nc2ccc(OC)cc2)cc1. The molecule has 0 spiro atoms. The molecule has 9 heteroatoms. The molecule has 3 N–H and O–H groups in total. The Morgan fingerprint density at radius 3 is 1.92 bits per heavy atom. The van der Waals surface area contributed by atoms with Crippen molar-refractivity contribution in [2.75, 3.05) is 49.8 Å². The van der Waals surface area contributed by atoms with E-state index < -0.39 is 0 Å². The van der Waals surface area contributed by atoms with Crippen LogP contribution in [0.2, 0.25) is 0 Å². The van der Waals surface area contributed by atoms with Crippen LogP contribution in [0.15, 0.2) is 72.8 Å². The molecule has 3 aromatic carbocycles. The van der Waals surface area contributed by atoms with Gasteiger partial charge in [0, 0.05) is 11.4 Å². The Morgan fingerprint density at radius 2 is 1.31 bits per heavy atom. The van der Waals surface area contributed by atoms with Crippen LogP contribution in [-0.2, 0) is 9.59 Å². The average Bonchev–Trinajstić information content (AvgIpc) is 2.86. The third-order valence-corrected chi connectivity index (χ3v) is 5.07. The Morgan fingerprint density at radius 1 is 0.750 bits per heavy atom. The minimum absolute atomic E-state index is 0.0132. The first kappa shape index (κ1) is 26.2. The average molecular weight is 491 g/mol. The van der Waals surface area contributed by atoms with Gasteiger partial charge < -0.3 is 25.4 Å². The highest BCUT2D eigenvalue weighted by atomic mass is 16.5. The number of nitrogens with one attached hydrogen (secondary N) is 3. The quantitative estimate of drug-likeness (QED) is 0.377. The lowest BCUT2D eigenvalue weighted by molar-refractivity contribution is -0.119. The molecule has 0 aliphatic heterocycles. The van der Waals surface area contributed by atoms with Crippen LogP contribution >= 0.6 is 0 Å². The van der Waals surface area contributed by atoms with Crippen molar-refractivity contribution < 1.29 is 23.9 Å². The largest absolute Gasteiger partial charge is 0.497 e. The number of rotatable bonds is 11. The summed E-state index contributed by atoms with van der Waals surface area (Å²) in [5.74, 6) is 0.434. The Kier molecular flexibility index (Phi) is 9.41. The molecule has 0 unspecified atom stereocenters. The summed E-state index contributed by atoms with van der Waals surface area (Å²) in [7, 11) is 3.23. The number of hydrogen-bond acceptors (Lipinski definition) is 6. The van der Waals surface area contributed by atoms with Gasteiger partial charge in [-0.15, -0.1) is 0 Å². The highest BCUT2D eigenvalue weighted by Gasteiger charge is 2.16. The molecule has 0 radical (unpaired) electrons. The number of benzene rings is 3. The summed E-state index contributed by atoms with van der Waals surface area (Å²) in [5, 5.41) is 8.36. The molecule has 3 aromatic rings. The number of ether oxygens (including phenoxy) is 2. The van der Waals surface area contributed by atoms with Gasteiger partial charge in [0.15, 0.2) is 0 Å². The van der Waals surface area contributed by atoms with E-state index in [4.69, 9.17) is 9.47 Å². The van der Waals surface area contributed by atoms with E-state index >= 15 is 0 Å². The molecule has 36 heavy (non-hydrogen) atoms. The molecular weight excluding hydrogens is 460 g/mol. The van der Waals surface area contributed by atoms with Gasteiger partial charge >= 0.3 is 0 Å². The summed E-state index contributed by atoms with van der Waals surface area (Å²) in [4.78, 5) is 39.4. The summed E-state index contributed by atoms with van der Waals surface area (Å²) >= 11 is 0.